The SMILES string of the molecule is CCc1ncc(C(=O)Nc2ccc3ccccc3c2)s1. The van der Waals surface area contributed by atoms with Crippen LogP contribution in [0.4, 0.5) is 5.69 Å². The van der Waals surface area contributed by atoms with Crippen molar-refractivity contribution in [1.29, 1.82) is 0 Å². The van der Waals surface area contributed by atoms with Gasteiger partial charge in [-0.2, -0.15) is 0 Å². The predicted octanol–water partition coefficient (Wildman–Crippen LogP) is 4.11. The van der Waals surface area contributed by atoms with Gasteiger partial charge in [0, 0.05) is 5.69 Å². The monoisotopic (exact) mass is 282 g/mol. The third-order valence-corrected chi connectivity index (χ3v) is 4.23. The number of hydrogen-bond donors (Lipinski definition) is 1. The smallest absolute Gasteiger partial charge is 0.267 e. The number of aromatic nitrogens is 1. The molecule has 0 bridgehead atoms. The molecule has 0 saturated heterocycles. The summed E-state index contributed by atoms with van der Waals surface area (Å²) in [5, 5.41) is 6.18. The van der Waals surface area contributed by atoms with Crippen LogP contribution in [0.2, 0.25) is 0 Å². The van der Waals surface area contributed by atoms with Gasteiger partial charge < -0.3 is 5.32 Å². The molecule has 0 unspecified atom stereocenters. The average Bonchev–Trinajstić information content (AvgIpc) is 2.96. The first-order valence-electron chi connectivity index (χ1n) is 6.51. The lowest BCUT2D eigenvalue weighted by atomic mass is 10.1. The van der Waals surface area contributed by atoms with Crippen LogP contribution in [0.3, 0.4) is 0 Å². The van der Waals surface area contributed by atoms with E-state index in [0.717, 1.165) is 27.9 Å². The molecule has 0 fully saturated rings. The number of amides is 1. The van der Waals surface area contributed by atoms with Crippen molar-refractivity contribution in [2.45, 2.75) is 13.3 Å². The van der Waals surface area contributed by atoms with Gasteiger partial charge in [-0.15, -0.1) is 11.3 Å². The molecule has 0 aliphatic carbocycles. The number of carbonyl (C=O) groups is 1. The number of fused-ring (bicyclic) bond motifs is 1. The number of rotatable bonds is 3. The Labute approximate surface area is 121 Å². The van der Waals surface area contributed by atoms with Crippen LogP contribution in [0.1, 0.15) is 21.6 Å². The fraction of sp³-hybridized carbons (Fsp3) is 0.125. The average molecular weight is 282 g/mol. The third-order valence-electron chi connectivity index (χ3n) is 3.09. The van der Waals surface area contributed by atoms with Gasteiger partial charge in [0.15, 0.2) is 0 Å². The van der Waals surface area contributed by atoms with Gasteiger partial charge in [0.05, 0.1) is 11.2 Å². The van der Waals surface area contributed by atoms with Crippen LogP contribution in [-0.4, -0.2) is 10.9 Å². The minimum absolute atomic E-state index is 0.0996. The molecule has 1 N–H and O–H groups in total. The molecule has 20 heavy (non-hydrogen) atoms. The van der Waals surface area contributed by atoms with Gasteiger partial charge >= 0.3 is 0 Å². The topological polar surface area (TPSA) is 42.0 Å². The predicted molar refractivity (Wildman–Crippen MR) is 83.4 cm³/mol. The molecule has 0 saturated carbocycles. The van der Waals surface area contributed by atoms with Crippen molar-refractivity contribution in [2.75, 3.05) is 5.32 Å². The fourth-order valence-corrected chi connectivity index (χ4v) is 2.79. The lowest BCUT2D eigenvalue weighted by Crippen LogP contribution is -2.09. The Kier molecular flexibility index (Phi) is 3.48. The second-order valence-electron chi connectivity index (χ2n) is 4.49. The van der Waals surface area contributed by atoms with E-state index < -0.39 is 0 Å². The summed E-state index contributed by atoms with van der Waals surface area (Å²) in [6.45, 7) is 2.03. The van der Waals surface area contributed by atoms with Crippen LogP contribution in [0.25, 0.3) is 10.8 Å². The van der Waals surface area contributed by atoms with E-state index in [4.69, 9.17) is 0 Å². The molecule has 0 atom stereocenters. The zero-order valence-electron chi connectivity index (χ0n) is 11.1. The van der Waals surface area contributed by atoms with Gasteiger partial charge in [-0.3, -0.25) is 4.79 Å². The Balaban J connectivity index is 1.83. The summed E-state index contributed by atoms with van der Waals surface area (Å²) in [6, 6.07) is 14.0. The van der Waals surface area contributed by atoms with Gasteiger partial charge in [0.1, 0.15) is 4.88 Å². The molecule has 0 spiro atoms. The van der Waals surface area contributed by atoms with Crippen molar-refractivity contribution in [2.24, 2.45) is 0 Å². The Morgan fingerprint density at radius 1 is 1.20 bits per heavy atom. The number of hydrogen-bond acceptors (Lipinski definition) is 3. The summed E-state index contributed by atoms with van der Waals surface area (Å²) in [4.78, 5) is 17.0. The lowest BCUT2D eigenvalue weighted by molar-refractivity contribution is 0.103. The molecule has 1 amide bonds. The second kappa shape index (κ2) is 5.43. The lowest BCUT2D eigenvalue weighted by Gasteiger charge is -2.05. The van der Waals surface area contributed by atoms with Crippen molar-refractivity contribution >= 4 is 33.7 Å². The highest BCUT2D eigenvalue weighted by Gasteiger charge is 2.10. The van der Waals surface area contributed by atoms with Crippen LogP contribution in [-0.2, 0) is 6.42 Å². The number of nitrogens with one attached hydrogen (secondary N) is 1. The maximum absolute atomic E-state index is 12.1. The summed E-state index contributed by atoms with van der Waals surface area (Å²) >= 11 is 1.44. The molecule has 100 valence electrons. The highest BCUT2D eigenvalue weighted by atomic mass is 32.1. The highest BCUT2D eigenvalue weighted by molar-refractivity contribution is 7.13. The summed E-state index contributed by atoms with van der Waals surface area (Å²) in [7, 11) is 0. The molecule has 3 nitrogen and oxygen atoms in total. The number of aryl methyl sites for hydroxylation is 1. The van der Waals surface area contributed by atoms with E-state index in [1.54, 1.807) is 6.20 Å². The standard InChI is InChI=1S/C16H14N2OS/c1-2-15-17-10-14(20-15)16(19)18-13-8-7-11-5-3-4-6-12(11)9-13/h3-10H,2H2,1H3,(H,18,19). The summed E-state index contributed by atoms with van der Waals surface area (Å²) in [5.41, 5.74) is 0.806. The van der Waals surface area contributed by atoms with Gasteiger partial charge in [-0.1, -0.05) is 37.3 Å². The minimum Gasteiger partial charge on any atom is -0.321 e. The van der Waals surface area contributed by atoms with E-state index in [2.05, 4.69) is 16.4 Å². The molecule has 1 aromatic heterocycles. The Morgan fingerprint density at radius 3 is 2.75 bits per heavy atom. The van der Waals surface area contributed by atoms with Gasteiger partial charge in [0.25, 0.3) is 5.91 Å². The molecular formula is C16H14N2OS. The third kappa shape index (κ3) is 2.56. The van der Waals surface area contributed by atoms with Crippen LogP contribution in [0, 0.1) is 0 Å². The number of nitrogens with zero attached hydrogens (tertiary/aromatic N) is 1. The number of carbonyl (C=O) groups excluding carboxylic acids is 1. The van der Waals surface area contributed by atoms with Crippen LogP contribution < -0.4 is 5.32 Å². The van der Waals surface area contributed by atoms with Crippen molar-refractivity contribution in [1.82, 2.24) is 4.98 Å². The van der Waals surface area contributed by atoms with E-state index in [1.807, 2.05) is 43.3 Å². The zero-order chi connectivity index (χ0) is 13.9. The van der Waals surface area contributed by atoms with E-state index in [9.17, 15) is 4.79 Å². The van der Waals surface area contributed by atoms with Gasteiger partial charge in [-0.25, -0.2) is 4.98 Å². The second-order valence-corrected chi connectivity index (χ2v) is 5.60. The zero-order valence-corrected chi connectivity index (χ0v) is 11.9. The number of anilines is 1. The quantitative estimate of drug-likeness (QED) is 0.785. The summed E-state index contributed by atoms with van der Waals surface area (Å²) < 4.78 is 0. The molecule has 0 aliphatic rings. The molecule has 3 rings (SSSR count). The Bertz CT molecular complexity index is 764. The van der Waals surface area contributed by atoms with Crippen molar-refractivity contribution < 1.29 is 4.79 Å². The first-order valence-corrected chi connectivity index (χ1v) is 7.33. The highest BCUT2D eigenvalue weighted by Crippen LogP contribution is 2.20. The summed E-state index contributed by atoms with van der Waals surface area (Å²) in [5.74, 6) is -0.0996. The normalized spacial score (nSPS) is 10.7. The summed E-state index contributed by atoms with van der Waals surface area (Å²) in [6.07, 6.45) is 2.49. The van der Waals surface area contributed by atoms with Crippen LogP contribution in [0.5, 0.6) is 0 Å². The van der Waals surface area contributed by atoms with Crippen LogP contribution in [0.15, 0.2) is 48.7 Å². The van der Waals surface area contributed by atoms with Crippen molar-refractivity contribution in [3.8, 4) is 0 Å². The minimum atomic E-state index is -0.0996. The largest absolute Gasteiger partial charge is 0.321 e. The molecule has 1 heterocycles. The van der Waals surface area contributed by atoms with E-state index in [1.165, 1.54) is 11.3 Å². The Hall–Kier alpha value is -2.20. The fourth-order valence-electron chi connectivity index (χ4n) is 2.04. The van der Waals surface area contributed by atoms with E-state index in [0.29, 0.717) is 4.88 Å². The Morgan fingerprint density at radius 2 is 2.00 bits per heavy atom. The first-order chi connectivity index (χ1) is 9.76. The maximum atomic E-state index is 12.1. The number of thiazole rings is 1. The van der Waals surface area contributed by atoms with Gasteiger partial charge in [0.2, 0.25) is 0 Å². The maximum Gasteiger partial charge on any atom is 0.267 e. The molecular weight excluding hydrogens is 268 g/mol. The van der Waals surface area contributed by atoms with Crippen LogP contribution >= 0.6 is 11.3 Å². The van der Waals surface area contributed by atoms with Crippen molar-refractivity contribution in [3.05, 3.63) is 58.5 Å². The number of benzene rings is 2. The first kappa shape index (κ1) is 12.8. The molecule has 4 heteroatoms. The van der Waals surface area contributed by atoms with E-state index >= 15 is 0 Å². The molecule has 0 radical (unpaired) electrons. The van der Waals surface area contributed by atoms with Crippen molar-refractivity contribution in [3.63, 3.8) is 0 Å². The molecule has 2 aromatic carbocycles. The van der Waals surface area contributed by atoms with E-state index in [-0.39, 0.29) is 5.91 Å². The van der Waals surface area contributed by atoms with Gasteiger partial charge in [-0.05, 0) is 29.3 Å². The molecule has 0 aliphatic heterocycles. The molecule has 3 aromatic rings.